The summed E-state index contributed by atoms with van der Waals surface area (Å²) in [5, 5.41) is 0. The van der Waals surface area contributed by atoms with Crippen LogP contribution in [0.5, 0.6) is 0 Å². The molecule has 0 radical (unpaired) electrons. The van der Waals surface area contributed by atoms with Gasteiger partial charge in [-0.25, -0.2) is 0 Å². The fourth-order valence-electron chi connectivity index (χ4n) is 2.11. The number of hydrogen-bond donors (Lipinski definition) is 0. The molecule has 0 aliphatic rings. The van der Waals surface area contributed by atoms with Gasteiger partial charge in [0.2, 0.25) is 11.8 Å². The van der Waals surface area contributed by atoms with Crippen molar-refractivity contribution in [1.82, 2.24) is 9.80 Å². The summed E-state index contributed by atoms with van der Waals surface area (Å²) in [4.78, 5) is 27.2. The van der Waals surface area contributed by atoms with E-state index in [0.717, 1.165) is 11.1 Å². The summed E-state index contributed by atoms with van der Waals surface area (Å²) >= 11 is 0. The van der Waals surface area contributed by atoms with E-state index in [9.17, 15) is 9.59 Å². The average Bonchev–Trinajstić information content (AvgIpc) is 2.41. The van der Waals surface area contributed by atoms with Crippen LogP contribution in [0.15, 0.2) is 24.3 Å². The van der Waals surface area contributed by atoms with Crippen molar-refractivity contribution in [2.75, 3.05) is 19.6 Å². The third-order valence-corrected chi connectivity index (χ3v) is 3.51. The summed E-state index contributed by atoms with van der Waals surface area (Å²) in [5.74, 6) is -0.0763. The maximum atomic E-state index is 12.1. The molecule has 0 spiro atoms. The van der Waals surface area contributed by atoms with Gasteiger partial charge in [0.25, 0.3) is 0 Å². The van der Waals surface area contributed by atoms with E-state index >= 15 is 0 Å². The molecule has 1 rings (SSSR count). The van der Waals surface area contributed by atoms with Gasteiger partial charge in [0.15, 0.2) is 0 Å². The molecular weight excluding hydrogens is 252 g/mol. The van der Waals surface area contributed by atoms with Gasteiger partial charge in [0, 0.05) is 26.6 Å². The topological polar surface area (TPSA) is 40.6 Å². The summed E-state index contributed by atoms with van der Waals surface area (Å²) in [7, 11) is 0. The highest BCUT2D eigenvalue weighted by Crippen LogP contribution is 2.11. The first kappa shape index (κ1) is 16.2. The van der Waals surface area contributed by atoms with Crippen molar-refractivity contribution in [3.63, 3.8) is 0 Å². The molecule has 0 unspecified atom stereocenters. The van der Waals surface area contributed by atoms with Gasteiger partial charge >= 0.3 is 0 Å². The fraction of sp³-hybridized carbons (Fsp3) is 0.500. The monoisotopic (exact) mass is 276 g/mol. The van der Waals surface area contributed by atoms with Gasteiger partial charge in [0.05, 0.1) is 0 Å². The highest BCUT2D eigenvalue weighted by Gasteiger charge is 2.17. The van der Waals surface area contributed by atoms with Crippen molar-refractivity contribution in [2.45, 2.75) is 34.2 Å². The Balaban J connectivity index is 2.78. The number of likely N-dealkylation sites (N-methyl/N-ethyl adjacent to an activating group) is 1. The lowest BCUT2D eigenvalue weighted by Crippen LogP contribution is -2.41. The smallest absolute Gasteiger partial charge is 0.242 e. The van der Waals surface area contributed by atoms with Crippen molar-refractivity contribution in [3.8, 4) is 0 Å². The van der Waals surface area contributed by atoms with Crippen LogP contribution in [0.25, 0.3) is 0 Å². The molecular formula is C16H24N2O2. The Morgan fingerprint density at radius 3 is 2.15 bits per heavy atom. The zero-order valence-corrected chi connectivity index (χ0v) is 12.8. The Morgan fingerprint density at radius 2 is 1.65 bits per heavy atom. The molecule has 1 aromatic carbocycles. The number of nitrogens with zero attached hydrogens (tertiary/aromatic N) is 2. The van der Waals surface area contributed by atoms with Crippen molar-refractivity contribution >= 4 is 11.8 Å². The van der Waals surface area contributed by atoms with Crippen LogP contribution in [0.4, 0.5) is 0 Å². The maximum absolute atomic E-state index is 12.1. The molecule has 0 aliphatic carbocycles. The Hall–Kier alpha value is -1.84. The van der Waals surface area contributed by atoms with Gasteiger partial charge in [-0.2, -0.15) is 0 Å². The Labute approximate surface area is 121 Å². The van der Waals surface area contributed by atoms with Gasteiger partial charge in [-0.1, -0.05) is 24.3 Å². The molecule has 4 nitrogen and oxygen atoms in total. The van der Waals surface area contributed by atoms with E-state index < -0.39 is 0 Å². The van der Waals surface area contributed by atoms with Crippen molar-refractivity contribution in [2.24, 2.45) is 0 Å². The van der Waals surface area contributed by atoms with E-state index in [0.29, 0.717) is 19.6 Å². The van der Waals surface area contributed by atoms with Crippen molar-refractivity contribution < 1.29 is 9.59 Å². The molecule has 110 valence electrons. The molecule has 0 aliphatic heterocycles. The van der Waals surface area contributed by atoms with E-state index in [2.05, 4.69) is 0 Å². The molecule has 1 aromatic rings. The number of benzene rings is 1. The molecule has 0 atom stereocenters. The Kier molecular flexibility index (Phi) is 6.22. The molecule has 0 N–H and O–H groups in total. The first-order valence-corrected chi connectivity index (χ1v) is 7.07. The number of aryl methyl sites for hydroxylation is 1. The van der Waals surface area contributed by atoms with E-state index in [1.54, 1.807) is 9.80 Å². The largest absolute Gasteiger partial charge is 0.342 e. The zero-order valence-electron chi connectivity index (χ0n) is 12.8. The molecule has 0 bridgehead atoms. The average molecular weight is 276 g/mol. The third kappa shape index (κ3) is 4.37. The summed E-state index contributed by atoms with van der Waals surface area (Å²) in [6.07, 6.45) is 0. The first-order valence-electron chi connectivity index (χ1n) is 7.07. The predicted molar refractivity (Wildman–Crippen MR) is 80.2 cm³/mol. The summed E-state index contributed by atoms with van der Waals surface area (Å²) in [6.45, 7) is 9.38. The van der Waals surface area contributed by atoms with Crippen LogP contribution in [-0.4, -0.2) is 41.2 Å². The minimum absolute atomic E-state index is 0.00113. The van der Waals surface area contributed by atoms with Gasteiger partial charge in [-0.3, -0.25) is 9.59 Å². The van der Waals surface area contributed by atoms with Gasteiger partial charge in [0.1, 0.15) is 6.54 Å². The van der Waals surface area contributed by atoms with Gasteiger partial charge < -0.3 is 9.80 Å². The van der Waals surface area contributed by atoms with Crippen LogP contribution < -0.4 is 0 Å². The van der Waals surface area contributed by atoms with E-state index in [4.69, 9.17) is 0 Å². The second kappa shape index (κ2) is 7.68. The normalized spacial score (nSPS) is 10.2. The van der Waals surface area contributed by atoms with Crippen LogP contribution in [0.2, 0.25) is 0 Å². The maximum Gasteiger partial charge on any atom is 0.242 e. The molecule has 2 amide bonds. The van der Waals surface area contributed by atoms with Crippen LogP contribution >= 0.6 is 0 Å². The lowest BCUT2D eigenvalue weighted by molar-refractivity contribution is -0.139. The van der Waals surface area contributed by atoms with Crippen molar-refractivity contribution in [3.05, 3.63) is 35.4 Å². The minimum Gasteiger partial charge on any atom is -0.342 e. The number of carbonyl (C=O) groups is 2. The number of hydrogen-bond acceptors (Lipinski definition) is 2. The number of rotatable bonds is 6. The molecule has 0 saturated heterocycles. The standard InChI is InChI=1S/C16H24N2O2/c1-5-17(6-2)16(20)12-18(14(4)19)11-15-10-8-7-9-13(15)3/h7-10H,5-6,11-12H2,1-4H3. The Bertz CT molecular complexity index is 467. The lowest BCUT2D eigenvalue weighted by Gasteiger charge is -2.25. The molecule has 0 heterocycles. The number of amides is 2. The second-order valence-electron chi connectivity index (χ2n) is 4.87. The first-order chi connectivity index (χ1) is 9.49. The van der Waals surface area contributed by atoms with Crippen LogP contribution in [0, 0.1) is 6.92 Å². The predicted octanol–water partition coefficient (Wildman–Crippen LogP) is 2.21. The highest BCUT2D eigenvalue weighted by molar-refractivity contribution is 5.83. The van der Waals surface area contributed by atoms with Crippen molar-refractivity contribution in [1.29, 1.82) is 0 Å². The second-order valence-corrected chi connectivity index (χ2v) is 4.87. The summed E-state index contributed by atoms with van der Waals surface area (Å²) in [6, 6.07) is 7.93. The SMILES string of the molecule is CCN(CC)C(=O)CN(Cc1ccccc1C)C(C)=O. The molecule has 4 heteroatoms. The van der Waals surface area contributed by atoms with E-state index in [1.807, 2.05) is 45.0 Å². The zero-order chi connectivity index (χ0) is 15.1. The van der Waals surface area contributed by atoms with E-state index in [1.165, 1.54) is 6.92 Å². The molecule has 0 fully saturated rings. The van der Waals surface area contributed by atoms with E-state index in [-0.39, 0.29) is 18.4 Å². The molecule has 0 saturated carbocycles. The highest BCUT2D eigenvalue weighted by atomic mass is 16.2. The summed E-state index contributed by atoms with van der Waals surface area (Å²) in [5.41, 5.74) is 2.21. The van der Waals surface area contributed by atoms with Crippen LogP contribution in [0.3, 0.4) is 0 Å². The summed E-state index contributed by atoms with van der Waals surface area (Å²) < 4.78 is 0. The van der Waals surface area contributed by atoms with Gasteiger partial charge in [-0.05, 0) is 31.9 Å². The van der Waals surface area contributed by atoms with Crippen LogP contribution in [-0.2, 0) is 16.1 Å². The fourth-order valence-corrected chi connectivity index (χ4v) is 2.11. The minimum atomic E-state index is -0.0752. The molecule has 20 heavy (non-hydrogen) atoms. The lowest BCUT2D eigenvalue weighted by atomic mass is 10.1. The van der Waals surface area contributed by atoms with Crippen LogP contribution in [0.1, 0.15) is 31.9 Å². The third-order valence-electron chi connectivity index (χ3n) is 3.51. The Morgan fingerprint density at radius 1 is 1.05 bits per heavy atom. The van der Waals surface area contributed by atoms with Gasteiger partial charge in [-0.15, -0.1) is 0 Å². The quantitative estimate of drug-likeness (QED) is 0.799. The molecule has 0 aromatic heterocycles. The number of carbonyl (C=O) groups excluding carboxylic acids is 2.